The summed E-state index contributed by atoms with van der Waals surface area (Å²) in [6.07, 6.45) is 2.38. The molecular formula is C11H13ClN4. The maximum absolute atomic E-state index is 6.22. The van der Waals surface area contributed by atoms with Crippen LogP contribution in [0.4, 0.5) is 0 Å². The molecule has 0 atom stereocenters. The van der Waals surface area contributed by atoms with Gasteiger partial charge in [0.25, 0.3) is 0 Å². The van der Waals surface area contributed by atoms with E-state index >= 15 is 0 Å². The van der Waals surface area contributed by atoms with E-state index in [9.17, 15) is 0 Å². The molecule has 0 N–H and O–H groups in total. The summed E-state index contributed by atoms with van der Waals surface area (Å²) >= 11 is 6.22. The van der Waals surface area contributed by atoms with Crippen molar-refractivity contribution >= 4 is 11.6 Å². The Hall–Kier alpha value is -1.42. The zero-order chi connectivity index (χ0) is 11.7. The van der Waals surface area contributed by atoms with Crippen molar-refractivity contribution in [2.45, 2.75) is 27.2 Å². The molecule has 0 saturated carbocycles. The molecule has 0 fully saturated rings. The quantitative estimate of drug-likeness (QED) is 0.805. The first-order valence-corrected chi connectivity index (χ1v) is 5.54. The van der Waals surface area contributed by atoms with Crippen LogP contribution in [-0.4, -0.2) is 19.7 Å². The Balaban J connectivity index is 2.56. The lowest BCUT2D eigenvalue weighted by atomic mass is 10.2. The molecule has 0 aliphatic carbocycles. The fourth-order valence-corrected chi connectivity index (χ4v) is 1.79. The van der Waals surface area contributed by atoms with Crippen molar-refractivity contribution in [2.24, 2.45) is 0 Å². The number of aromatic nitrogens is 4. The van der Waals surface area contributed by atoms with Gasteiger partial charge in [0.05, 0.1) is 5.69 Å². The highest BCUT2D eigenvalue weighted by Crippen LogP contribution is 2.22. The average Bonchev–Trinajstić information content (AvgIpc) is 2.56. The summed E-state index contributed by atoms with van der Waals surface area (Å²) in [6, 6.07) is 1.86. The number of rotatable bonds is 2. The van der Waals surface area contributed by atoms with Gasteiger partial charge < -0.3 is 0 Å². The van der Waals surface area contributed by atoms with E-state index in [1.807, 2.05) is 19.9 Å². The first-order chi connectivity index (χ1) is 7.63. The van der Waals surface area contributed by atoms with Gasteiger partial charge in [-0.2, -0.15) is 5.10 Å². The molecule has 2 heterocycles. The van der Waals surface area contributed by atoms with Gasteiger partial charge in [0.15, 0.2) is 5.82 Å². The van der Waals surface area contributed by atoms with Crippen molar-refractivity contribution in [3.8, 4) is 5.82 Å². The molecule has 16 heavy (non-hydrogen) atoms. The Labute approximate surface area is 99.3 Å². The van der Waals surface area contributed by atoms with E-state index in [1.165, 1.54) is 6.33 Å². The molecule has 0 saturated heterocycles. The molecule has 0 amide bonds. The van der Waals surface area contributed by atoms with Crippen LogP contribution in [0.5, 0.6) is 0 Å². The molecule has 0 aliphatic heterocycles. The second-order valence-electron chi connectivity index (χ2n) is 3.65. The molecule has 4 nitrogen and oxygen atoms in total. The van der Waals surface area contributed by atoms with Crippen LogP contribution < -0.4 is 0 Å². The largest absolute Gasteiger partial charge is 0.242 e. The SMILES string of the molecule is CCc1nn(-c2cc(C)ncn2)c(Cl)c1C. The molecule has 2 aromatic heterocycles. The number of nitrogens with zero attached hydrogens (tertiary/aromatic N) is 4. The number of hydrogen-bond donors (Lipinski definition) is 0. The lowest BCUT2D eigenvalue weighted by molar-refractivity contribution is 0.808. The van der Waals surface area contributed by atoms with Crippen LogP contribution in [0.15, 0.2) is 12.4 Å². The molecule has 0 bridgehead atoms. The summed E-state index contributed by atoms with van der Waals surface area (Å²) < 4.78 is 1.66. The molecule has 0 spiro atoms. The molecule has 2 rings (SSSR count). The lowest BCUT2D eigenvalue weighted by Crippen LogP contribution is -2.01. The normalized spacial score (nSPS) is 10.8. The zero-order valence-electron chi connectivity index (χ0n) is 9.53. The summed E-state index contributed by atoms with van der Waals surface area (Å²) in [4.78, 5) is 8.21. The van der Waals surface area contributed by atoms with Crippen LogP contribution in [0.2, 0.25) is 5.15 Å². The molecule has 5 heteroatoms. The molecular weight excluding hydrogens is 224 g/mol. The van der Waals surface area contributed by atoms with E-state index in [2.05, 4.69) is 22.0 Å². The predicted molar refractivity (Wildman–Crippen MR) is 63.0 cm³/mol. The topological polar surface area (TPSA) is 43.6 Å². The number of aryl methyl sites for hydroxylation is 2. The summed E-state index contributed by atoms with van der Waals surface area (Å²) in [7, 11) is 0. The third-order valence-electron chi connectivity index (χ3n) is 2.49. The summed E-state index contributed by atoms with van der Waals surface area (Å²) in [6.45, 7) is 5.94. The summed E-state index contributed by atoms with van der Waals surface area (Å²) in [5.41, 5.74) is 2.91. The standard InChI is InChI=1S/C11H13ClN4/c1-4-9-8(3)11(12)16(15-9)10-5-7(2)13-6-14-10/h5-6H,4H2,1-3H3. The van der Waals surface area contributed by atoms with Gasteiger partial charge in [-0.25, -0.2) is 14.6 Å². The Morgan fingerprint density at radius 3 is 2.62 bits per heavy atom. The molecule has 0 unspecified atom stereocenters. The van der Waals surface area contributed by atoms with Gasteiger partial charge in [-0.15, -0.1) is 0 Å². The smallest absolute Gasteiger partial charge is 0.158 e. The molecule has 84 valence electrons. The monoisotopic (exact) mass is 236 g/mol. The van der Waals surface area contributed by atoms with E-state index < -0.39 is 0 Å². The average molecular weight is 237 g/mol. The minimum atomic E-state index is 0.620. The first-order valence-electron chi connectivity index (χ1n) is 5.16. The van der Waals surface area contributed by atoms with Crippen molar-refractivity contribution in [3.63, 3.8) is 0 Å². The lowest BCUT2D eigenvalue weighted by Gasteiger charge is -2.01. The minimum Gasteiger partial charge on any atom is -0.242 e. The van der Waals surface area contributed by atoms with Gasteiger partial charge >= 0.3 is 0 Å². The van der Waals surface area contributed by atoms with Crippen LogP contribution in [0.1, 0.15) is 23.9 Å². The van der Waals surface area contributed by atoms with Gasteiger partial charge in [-0.3, -0.25) is 0 Å². The van der Waals surface area contributed by atoms with E-state index in [-0.39, 0.29) is 0 Å². The summed E-state index contributed by atoms with van der Waals surface area (Å²) in [5.74, 6) is 0.709. The third-order valence-corrected chi connectivity index (χ3v) is 2.93. The van der Waals surface area contributed by atoms with Crippen LogP contribution >= 0.6 is 11.6 Å². The van der Waals surface area contributed by atoms with Crippen LogP contribution in [0, 0.1) is 13.8 Å². The molecule has 0 aromatic carbocycles. The van der Waals surface area contributed by atoms with Gasteiger partial charge in [-0.05, 0) is 20.3 Å². The van der Waals surface area contributed by atoms with Gasteiger partial charge in [0.2, 0.25) is 0 Å². The Morgan fingerprint density at radius 2 is 2.06 bits per heavy atom. The fraction of sp³-hybridized carbons (Fsp3) is 0.364. The van der Waals surface area contributed by atoms with E-state index in [1.54, 1.807) is 4.68 Å². The Kier molecular flexibility index (Phi) is 2.92. The highest BCUT2D eigenvalue weighted by atomic mass is 35.5. The first kappa shape index (κ1) is 11.1. The molecule has 2 aromatic rings. The van der Waals surface area contributed by atoms with Crippen molar-refractivity contribution in [3.05, 3.63) is 34.5 Å². The maximum Gasteiger partial charge on any atom is 0.158 e. The van der Waals surface area contributed by atoms with Crippen molar-refractivity contribution in [1.29, 1.82) is 0 Å². The Bertz CT molecular complexity index is 519. The van der Waals surface area contributed by atoms with E-state index in [4.69, 9.17) is 11.6 Å². The zero-order valence-corrected chi connectivity index (χ0v) is 10.3. The minimum absolute atomic E-state index is 0.620. The number of hydrogen-bond acceptors (Lipinski definition) is 3. The molecule has 0 radical (unpaired) electrons. The highest BCUT2D eigenvalue weighted by Gasteiger charge is 2.13. The van der Waals surface area contributed by atoms with Gasteiger partial charge in [-0.1, -0.05) is 18.5 Å². The van der Waals surface area contributed by atoms with Gasteiger partial charge in [0.1, 0.15) is 11.5 Å². The van der Waals surface area contributed by atoms with Crippen molar-refractivity contribution in [2.75, 3.05) is 0 Å². The Morgan fingerprint density at radius 1 is 1.31 bits per heavy atom. The molecule has 0 aliphatic rings. The maximum atomic E-state index is 6.22. The van der Waals surface area contributed by atoms with Crippen LogP contribution in [-0.2, 0) is 6.42 Å². The number of halogens is 1. The fourth-order valence-electron chi connectivity index (χ4n) is 1.56. The van der Waals surface area contributed by atoms with Gasteiger partial charge in [0, 0.05) is 17.3 Å². The van der Waals surface area contributed by atoms with Crippen LogP contribution in [0.25, 0.3) is 5.82 Å². The van der Waals surface area contributed by atoms with E-state index in [0.717, 1.165) is 23.4 Å². The van der Waals surface area contributed by atoms with Crippen molar-refractivity contribution in [1.82, 2.24) is 19.7 Å². The second kappa shape index (κ2) is 4.22. The third kappa shape index (κ3) is 1.80. The predicted octanol–water partition coefficient (Wildman–Crippen LogP) is 2.49. The van der Waals surface area contributed by atoms with E-state index in [0.29, 0.717) is 11.0 Å². The van der Waals surface area contributed by atoms with Crippen molar-refractivity contribution < 1.29 is 0 Å². The second-order valence-corrected chi connectivity index (χ2v) is 4.00. The highest BCUT2D eigenvalue weighted by molar-refractivity contribution is 6.30. The summed E-state index contributed by atoms with van der Waals surface area (Å²) in [5, 5.41) is 5.05. The van der Waals surface area contributed by atoms with Crippen LogP contribution in [0.3, 0.4) is 0 Å².